The number of anilines is 1. The smallest absolute Gasteiger partial charge is 0.240 e. The van der Waals surface area contributed by atoms with E-state index in [-0.39, 0.29) is 10.8 Å². The maximum Gasteiger partial charge on any atom is 0.240 e. The summed E-state index contributed by atoms with van der Waals surface area (Å²) < 4.78 is 38.2. The van der Waals surface area contributed by atoms with Crippen LogP contribution in [-0.4, -0.2) is 65.2 Å². The third-order valence-electron chi connectivity index (χ3n) is 3.70. The molecule has 1 aliphatic rings. The Labute approximate surface area is 148 Å². The molecule has 2 N–H and O–H groups in total. The van der Waals surface area contributed by atoms with Crippen molar-refractivity contribution in [2.24, 2.45) is 0 Å². The maximum absolute atomic E-state index is 12.5. The van der Waals surface area contributed by atoms with Crippen LogP contribution in [0.1, 0.15) is 13.8 Å². The van der Waals surface area contributed by atoms with Gasteiger partial charge in [-0.15, -0.1) is 0 Å². The zero-order valence-corrected chi connectivity index (χ0v) is 15.4. The SMILES string of the molecule is CCOc1ccc(S(=O)(=O)NCCN2CCOCC2)cc1NC(C)=O. The largest absolute Gasteiger partial charge is 0.492 e. The van der Waals surface area contributed by atoms with Crippen LogP contribution in [0.2, 0.25) is 0 Å². The number of carbonyl (C=O) groups excluding carboxylic acids is 1. The number of benzene rings is 1. The van der Waals surface area contributed by atoms with E-state index in [9.17, 15) is 13.2 Å². The van der Waals surface area contributed by atoms with Crippen molar-refractivity contribution in [1.29, 1.82) is 0 Å². The molecule has 0 bridgehead atoms. The molecule has 2 rings (SSSR count). The van der Waals surface area contributed by atoms with Gasteiger partial charge in [-0.25, -0.2) is 13.1 Å². The zero-order valence-electron chi connectivity index (χ0n) is 14.6. The van der Waals surface area contributed by atoms with Gasteiger partial charge in [0.25, 0.3) is 0 Å². The number of hydrogen-bond donors (Lipinski definition) is 2. The molecule has 0 aromatic heterocycles. The second-order valence-electron chi connectivity index (χ2n) is 5.62. The fourth-order valence-corrected chi connectivity index (χ4v) is 3.54. The second kappa shape index (κ2) is 9.14. The summed E-state index contributed by atoms with van der Waals surface area (Å²) in [5.74, 6) is 0.140. The van der Waals surface area contributed by atoms with Crippen molar-refractivity contribution >= 4 is 21.6 Å². The molecule has 1 saturated heterocycles. The average molecular weight is 371 g/mol. The molecular formula is C16H25N3O5S. The standard InChI is InChI=1S/C16H25N3O5S/c1-3-24-16-5-4-14(12-15(16)18-13(2)20)25(21,22)17-6-7-19-8-10-23-11-9-19/h4-5,12,17H,3,6-11H2,1-2H3,(H,18,20). The Morgan fingerprint density at radius 3 is 2.68 bits per heavy atom. The predicted molar refractivity (Wildman–Crippen MR) is 94.4 cm³/mol. The minimum atomic E-state index is -3.67. The van der Waals surface area contributed by atoms with Crippen LogP contribution in [0.4, 0.5) is 5.69 Å². The van der Waals surface area contributed by atoms with Gasteiger partial charge in [0.2, 0.25) is 15.9 Å². The lowest BCUT2D eigenvalue weighted by atomic mass is 10.3. The van der Waals surface area contributed by atoms with Gasteiger partial charge >= 0.3 is 0 Å². The Morgan fingerprint density at radius 2 is 2.04 bits per heavy atom. The molecule has 0 aliphatic carbocycles. The monoisotopic (exact) mass is 371 g/mol. The molecule has 25 heavy (non-hydrogen) atoms. The third kappa shape index (κ3) is 5.96. The van der Waals surface area contributed by atoms with Crippen LogP contribution in [0, 0.1) is 0 Å². The molecule has 1 amide bonds. The Balaban J connectivity index is 2.05. The summed E-state index contributed by atoms with van der Waals surface area (Å²) in [6, 6.07) is 4.42. The molecule has 8 nitrogen and oxygen atoms in total. The molecule has 0 unspecified atom stereocenters. The van der Waals surface area contributed by atoms with Gasteiger partial charge in [0, 0.05) is 33.1 Å². The molecule has 0 radical (unpaired) electrons. The number of ether oxygens (including phenoxy) is 2. The van der Waals surface area contributed by atoms with E-state index in [1.807, 2.05) is 6.92 Å². The normalized spacial score (nSPS) is 15.8. The first-order valence-electron chi connectivity index (χ1n) is 8.26. The Morgan fingerprint density at radius 1 is 1.32 bits per heavy atom. The lowest BCUT2D eigenvalue weighted by Gasteiger charge is -2.26. The van der Waals surface area contributed by atoms with E-state index in [1.165, 1.54) is 19.1 Å². The van der Waals surface area contributed by atoms with E-state index in [0.29, 0.717) is 44.3 Å². The van der Waals surface area contributed by atoms with Crippen molar-refractivity contribution in [3.8, 4) is 5.75 Å². The van der Waals surface area contributed by atoms with Crippen LogP contribution >= 0.6 is 0 Å². The van der Waals surface area contributed by atoms with Crippen molar-refractivity contribution in [3.63, 3.8) is 0 Å². The minimum Gasteiger partial charge on any atom is -0.492 e. The Kier molecular flexibility index (Phi) is 7.18. The first-order chi connectivity index (χ1) is 11.9. The van der Waals surface area contributed by atoms with E-state index in [4.69, 9.17) is 9.47 Å². The molecule has 9 heteroatoms. The highest BCUT2D eigenvalue weighted by atomic mass is 32.2. The average Bonchev–Trinajstić information content (AvgIpc) is 2.57. The fraction of sp³-hybridized carbons (Fsp3) is 0.562. The van der Waals surface area contributed by atoms with E-state index < -0.39 is 10.0 Å². The van der Waals surface area contributed by atoms with Crippen LogP contribution in [0.25, 0.3) is 0 Å². The van der Waals surface area contributed by atoms with Crippen LogP contribution in [0.3, 0.4) is 0 Å². The molecule has 0 atom stereocenters. The van der Waals surface area contributed by atoms with Gasteiger partial charge in [-0.1, -0.05) is 0 Å². The van der Waals surface area contributed by atoms with Gasteiger partial charge in [-0.05, 0) is 25.1 Å². The van der Waals surface area contributed by atoms with Crippen molar-refractivity contribution in [1.82, 2.24) is 9.62 Å². The number of sulfonamides is 1. The van der Waals surface area contributed by atoms with Crippen molar-refractivity contribution < 1.29 is 22.7 Å². The summed E-state index contributed by atoms with van der Waals surface area (Å²) in [6.45, 7) is 7.47. The molecule has 1 aromatic rings. The number of rotatable bonds is 8. The summed E-state index contributed by atoms with van der Waals surface area (Å²) in [6.07, 6.45) is 0. The van der Waals surface area contributed by atoms with Gasteiger partial charge in [-0.3, -0.25) is 9.69 Å². The van der Waals surface area contributed by atoms with Crippen LogP contribution in [-0.2, 0) is 19.6 Å². The van der Waals surface area contributed by atoms with Crippen LogP contribution < -0.4 is 14.8 Å². The fourth-order valence-electron chi connectivity index (χ4n) is 2.49. The molecule has 0 spiro atoms. The third-order valence-corrected chi connectivity index (χ3v) is 5.15. The van der Waals surface area contributed by atoms with Crippen molar-refractivity contribution in [2.45, 2.75) is 18.7 Å². The van der Waals surface area contributed by atoms with Crippen molar-refractivity contribution in [3.05, 3.63) is 18.2 Å². The summed E-state index contributed by atoms with van der Waals surface area (Å²) in [5.41, 5.74) is 0.338. The second-order valence-corrected chi connectivity index (χ2v) is 7.39. The number of nitrogens with zero attached hydrogens (tertiary/aromatic N) is 1. The molecule has 1 aliphatic heterocycles. The van der Waals surface area contributed by atoms with Crippen molar-refractivity contribution in [2.75, 3.05) is 51.3 Å². The highest BCUT2D eigenvalue weighted by Crippen LogP contribution is 2.27. The number of morpholine rings is 1. The highest BCUT2D eigenvalue weighted by Gasteiger charge is 2.18. The minimum absolute atomic E-state index is 0.0849. The first kappa shape index (κ1) is 19.6. The summed E-state index contributed by atoms with van der Waals surface area (Å²) >= 11 is 0. The molecular weight excluding hydrogens is 346 g/mol. The van der Waals surface area contributed by atoms with Gasteiger partial charge in [-0.2, -0.15) is 0 Å². The summed E-state index contributed by atoms with van der Waals surface area (Å²) in [7, 11) is -3.67. The summed E-state index contributed by atoms with van der Waals surface area (Å²) in [4.78, 5) is 13.6. The van der Waals surface area contributed by atoms with E-state index in [2.05, 4.69) is 14.9 Å². The van der Waals surface area contributed by atoms with Gasteiger partial charge in [0.15, 0.2) is 0 Å². The molecule has 1 fully saturated rings. The first-order valence-corrected chi connectivity index (χ1v) is 9.75. The van der Waals surface area contributed by atoms with E-state index in [0.717, 1.165) is 13.1 Å². The molecule has 140 valence electrons. The molecule has 1 aromatic carbocycles. The van der Waals surface area contributed by atoms with Crippen LogP contribution in [0.5, 0.6) is 5.75 Å². The quantitative estimate of drug-likeness (QED) is 0.697. The molecule has 0 saturated carbocycles. The number of carbonyl (C=O) groups is 1. The Bertz CT molecular complexity index is 687. The van der Waals surface area contributed by atoms with E-state index >= 15 is 0 Å². The topological polar surface area (TPSA) is 97.0 Å². The lowest BCUT2D eigenvalue weighted by Crippen LogP contribution is -2.41. The Hall–Kier alpha value is -1.68. The molecule has 1 heterocycles. The van der Waals surface area contributed by atoms with E-state index in [1.54, 1.807) is 6.07 Å². The summed E-state index contributed by atoms with van der Waals surface area (Å²) in [5, 5.41) is 2.60. The van der Waals surface area contributed by atoms with Gasteiger partial charge < -0.3 is 14.8 Å². The van der Waals surface area contributed by atoms with Crippen LogP contribution in [0.15, 0.2) is 23.1 Å². The van der Waals surface area contributed by atoms with Gasteiger partial charge in [0.05, 0.1) is 30.4 Å². The number of nitrogens with one attached hydrogen (secondary N) is 2. The highest BCUT2D eigenvalue weighted by molar-refractivity contribution is 7.89. The lowest BCUT2D eigenvalue weighted by molar-refractivity contribution is -0.114. The zero-order chi connectivity index (χ0) is 18.3. The van der Waals surface area contributed by atoms with Gasteiger partial charge in [0.1, 0.15) is 5.75 Å². The maximum atomic E-state index is 12.5. The number of hydrogen-bond acceptors (Lipinski definition) is 6. The number of amides is 1. The predicted octanol–water partition coefficient (Wildman–Crippen LogP) is 0.654.